The smallest absolute Gasteiger partial charge is 0.162 e. The summed E-state index contributed by atoms with van der Waals surface area (Å²) in [6, 6.07) is 2.04. The highest BCUT2D eigenvalue weighted by Gasteiger charge is 2.08. The Hall–Kier alpha value is -1.16. The van der Waals surface area contributed by atoms with Gasteiger partial charge in [-0.15, -0.1) is 0 Å². The largest absolute Gasteiger partial charge is 0.491 e. The van der Waals surface area contributed by atoms with Crippen molar-refractivity contribution in [3.05, 3.63) is 29.3 Å². The van der Waals surface area contributed by atoms with Gasteiger partial charge >= 0.3 is 0 Å². The van der Waals surface area contributed by atoms with Crippen molar-refractivity contribution in [3.8, 4) is 5.75 Å². The number of aliphatic hydroxyl groups is 1. The molecule has 0 aromatic heterocycles. The molecule has 0 heterocycles. The van der Waals surface area contributed by atoms with Crippen LogP contribution in [0.5, 0.6) is 5.75 Å². The molecule has 78 valence electrons. The molecule has 1 rings (SSSR count). The van der Waals surface area contributed by atoms with Crippen LogP contribution in [0.15, 0.2) is 12.1 Å². The molecule has 0 spiro atoms. The Balaban J connectivity index is 2.82. The van der Waals surface area contributed by atoms with Gasteiger partial charge in [0.2, 0.25) is 0 Å². The van der Waals surface area contributed by atoms with Gasteiger partial charge in [-0.3, -0.25) is 0 Å². The minimum Gasteiger partial charge on any atom is -0.491 e. The molecular weight excluding hydrogens is 190 g/mol. The van der Waals surface area contributed by atoms with Gasteiger partial charge in [0.25, 0.3) is 0 Å². The van der Waals surface area contributed by atoms with Crippen LogP contribution in [-0.2, 0) is 0 Å². The zero-order chi connectivity index (χ0) is 10.7. The van der Waals surface area contributed by atoms with E-state index in [1.165, 1.54) is 0 Å². The van der Waals surface area contributed by atoms with Crippen LogP contribution in [0, 0.1) is 18.6 Å². The number of aryl methyl sites for hydroxylation is 1. The summed E-state index contributed by atoms with van der Waals surface area (Å²) in [6.07, 6.45) is -0.637. The van der Waals surface area contributed by atoms with E-state index < -0.39 is 17.7 Å². The minimum atomic E-state index is -0.948. The Morgan fingerprint density at radius 2 is 1.93 bits per heavy atom. The van der Waals surface area contributed by atoms with Crippen LogP contribution in [0.25, 0.3) is 0 Å². The molecule has 1 atom stereocenters. The van der Waals surface area contributed by atoms with E-state index in [1.54, 1.807) is 13.8 Å². The molecule has 0 bridgehead atoms. The molecule has 2 nitrogen and oxygen atoms in total. The molecule has 1 aromatic rings. The molecule has 14 heavy (non-hydrogen) atoms. The average Bonchev–Trinajstić information content (AvgIpc) is 2.09. The van der Waals surface area contributed by atoms with Crippen molar-refractivity contribution in [2.24, 2.45) is 0 Å². The molecule has 1 aromatic carbocycles. The molecular formula is C10H12F2O2. The molecule has 0 amide bonds. The lowest BCUT2D eigenvalue weighted by Gasteiger charge is -2.10. The first kappa shape index (κ1) is 10.9. The molecule has 0 fully saturated rings. The average molecular weight is 202 g/mol. The molecule has 0 saturated carbocycles. The summed E-state index contributed by atoms with van der Waals surface area (Å²) in [4.78, 5) is 0. The zero-order valence-electron chi connectivity index (χ0n) is 8.05. The van der Waals surface area contributed by atoms with Gasteiger partial charge in [-0.25, -0.2) is 8.78 Å². The van der Waals surface area contributed by atoms with Gasteiger partial charge < -0.3 is 9.84 Å². The highest BCUT2D eigenvalue weighted by Crippen LogP contribution is 2.21. The first-order valence-electron chi connectivity index (χ1n) is 4.27. The quantitative estimate of drug-likeness (QED) is 0.812. The highest BCUT2D eigenvalue weighted by atomic mass is 19.2. The monoisotopic (exact) mass is 202 g/mol. The lowest BCUT2D eigenvalue weighted by molar-refractivity contribution is 0.122. The third kappa shape index (κ3) is 2.67. The van der Waals surface area contributed by atoms with Crippen molar-refractivity contribution >= 4 is 0 Å². The summed E-state index contributed by atoms with van der Waals surface area (Å²) in [7, 11) is 0. The van der Waals surface area contributed by atoms with E-state index in [4.69, 9.17) is 9.84 Å². The maximum absolute atomic E-state index is 12.8. The van der Waals surface area contributed by atoms with Gasteiger partial charge in [0, 0.05) is 6.07 Å². The SMILES string of the molecule is Cc1cc(F)c(F)cc1OC[C@H](C)O. The number of hydrogen-bond acceptors (Lipinski definition) is 2. The number of ether oxygens (including phenoxy) is 1. The van der Waals surface area contributed by atoms with E-state index in [9.17, 15) is 8.78 Å². The summed E-state index contributed by atoms with van der Waals surface area (Å²) in [6.45, 7) is 3.22. The third-order valence-corrected chi connectivity index (χ3v) is 1.70. The fourth-order valence-electron chi connectivity index (χ4n) is 0.994. The predicted octanol–water partition coefficient (Wildman–Crippen LogP) is 2.03. The Labute approximate surface area is 81.1 Å². The van der Waals surface area contributed by atoms with Crippen molar-refractivity contribution < 1.29 is 18.6 Å². The summed E-state index contributed by atoms with van der Waals surface area (Å²) in [5.74, 6) is -1.59. The lowest BCUT2D eigenvalue weighted by Crippen LogP contribution is -2.13. The van der Waals surface area contributed by atoms with Gasteiger partial charge in [0.15, 0.2) is 11.6 Å². The first-order valence-corrected chi connectivity index (χ1v) is 4.27. The summed E-state index contributed by atoms with van der Waals surface area (Å²) in [5, 5.41) is 8.94. The predicted molar refractivity (Wildman–Crippen MR) is 48.3 cm³/mol. The molecule has 0 radical (unpaired) electrons. The Bertz CT molecular complexity index is 324. The van der Waals surface area contributed by atoms with E-state index in [2.05, 4.69) is 0 Å². The van der Waals surface area contributed by atoms with Crippen LogP contribution in [0.1, 0.15) is 12.5 Å². The number of rotatable bonds is 3. The van der Waals surface area contributed by atoms with Crippen LogP contribution in [-0.4, -0.2) is 17.8 Å². The normalized spacial score (nSPS) is 12.6. The van der Waals surface area contributed by atoms with Crippen LogP contribution in [0.3, 0.4) is 0 Å². The van der Waals surface area contributed by atoms with Gasteiger partial charge in [-0.05, 0) is 25.5 Å². The maximum Gasteiger partial charge on any atom is 0.162 e. The van der Waals surface area contributed by atoms with Crippen molar-refractivity contribution in [3.63, 3.8) is 0 Å². The van der Waals surface area contributed by atoms with Crippen molar-refractivity contribution in [2.45, 2.75) is 20.0 Å². The third-order valence-electron chi connectivity index (χ3n) is 1.70. The zero-order valence-corrected chi connectivity index (χ0v) is 8.05. The van der Waals surface area contributed by atoms with Gasteiger partial charge in [0.1, 0.15) is 12.4 Å². The van der Waals surface area contributed by atoms with Gasteiger partial charge in [-0.2, -0.15) is 0 Å². The summed E-state index contributed by atoms with van der Waals surface area (Å²) in [5.41, 5.74) is 0.504. The second-order valence-electron chi connectivity index (χ2n) is 3.19. The molecule has 0 aliphatic heterocycles. The Morgan fingerprint density at radius 1 is 1.36 bits per heavy atom. The summed E-state index contributed by atoms with van der Waals surface area (Å²) < 4.78 is 30.5. The van der Waals surface area contributed by atoms with Gasteiger partial charge in [0.05, 0.1) is 6.10 Å². The highest BCUT2D eigenvalue weighted by molar-refractivity contribution is 5.33. The molecule has 0 aliphatic rings. The molecule has 0 saturated heterocycles. The Morgan fingerprint density at radius 3 is 2.50 bits per heavy atom. The molecule has 1 N–H and O–H groups in total. The standard InChI is InChI=1S/C10H12F2O2/c1-6-3-8(11)9(12)4-10(6)14-5-7(2)13/h3-4,7,13H,5H2,1-2H3/t7-/m0/s1. The number of benzene rings is 1. The van der Waals surface area contributed by atoms with Gasteiger partial charge in [-0.1, -0.05) is 0 Å². The summed E-state index contributed by atoms with van der Waals surface area (Å²) >= 11 is 0. The van der Waals surface area contributed by atoms with Crippen LogP contribution in [0.2, 0.25) is 0 Å². The van der Waals surface area contributed by atoms with Crippen LogP contribution >= 0.6 is 0 Å². The molecule has 4 heteroatoms. The van der Waals surface area contributed by atoms with Crippen molar-refractivity contribution in [2.75, 3.05) is 6.61 Å². The van der Waals surface area contributed by atoms with E-state index in [0.29, 0.717) is 5.56 Å². The van der Waals surface area contributed by atoms with Crippen molar-refractivity contribution in [1.29, 1.82) is 0 Å². The Kier molecular flexibility index (Phi) is 3.41. The van der Waals surface area contributed by atoms with Crippen LogP contribution in [0.4, 0.5) is 8.78 Å². The molecule has 0 aliphatic carbocycles. The van der Waals surface area contributed by atoms with E-state index in [1.807, 2.05) is 0 Å². The maximum atomic E-state index is 12.8. The van der Waals surface area contributed by atoms with Crippen LogP contribution < -0.4 is 4.74 Å². The fourth-order valence-corrected chi connectivity index (χ4v) is 0.994. The second-order valence-corrected chi connectivity index (χ2v) is 3.19. The minimum absolute atomic E-state index is 0.0614. The van der Waals surface area contributed by atoms with Crippen molar-refractivity contribution in [1.82, 2.24) is 0 Å². The van der Waals surface area contributed by atoms with E-state index in [-0.39, 0.29) is 12.4 Å². The fraction of sp³-hybridized carbons (Fsp3) is 0.400. The van der Waals surface area contributed by atoms with E-state index >= 15 is 0 Å². The first-order chi connectivity index (χ1) is 6.50. The lowest BCUT2D eigenvalue weighted by atomic mass is 10.2. The number of hydrogen-bond donors (Lipinski definition) is 1. The topological polar surface area (TPSA) is 29.5 Å². The second kappa shape index (κ2) is 4.37. The molecule has 0 unspecified atom stereocenters. The van der Waals surface area contributed by atoms with E-state index in [0.717, 1.165) is 12.1 Å². The number of aliphatic hydroxyl groups excluding tert-OH is 1. The number of halogens is 2.